The third-order valence-corrected chi connectivity index (χ3v) is 1.41. The van der Waals surface area contributed by atoms with Gasteiger partial charge in [-0.15, -0.1) is 0 Å². The Morgan fingerprint density at radius 2 is 2.11 bits per heavy atom. The molecule has 0 spiro atoms. The largest absolute Gasteiger partial charge is 0.479 e. The van der Waals surface area contributed by atoms with Crippen LogP contribution in [0.4, 0.5) is 0 Å². The third kappa shape index (κ3) is 4.65. The SMILES string of the molecule is CC(C)OC(I)C(=O)O. The zero-order valence-corrected chi connectivity index (χ0v) is 7.45. The van der Waals surface area contributed by atoms with E-state index in [1.807, 2.05) is 0 Å². The minimum absolute atomic E-state index is 0.0250. The lowest BCUT2D eigenvalue weighted by molar-refractivity contribution is -0.145. The van der Waals surface area contributed by atoms with Crippen molar-refractivity contribution in [2.24, 2.45) is 0 Å². The van der Waals surface area contributed by atoms with Crippen molar-refractivity contribution < 1.29 is 14.6 Å². The van der Waals surface area contributed by atoms with Gasteiger partial charge in [-0.25, -0.2) is 4.79 Å². The Morgan fingerprint density at radius 3 is 2.22 bits per heavy atom. The number of halogens is 1. The molecule has 0 bridgehead atoms. The molecule has 0 aromatic rings. The smallest absolute Gasteiger partial charge is 0.343 e. The second-order valence-corrected chi connectivity index (χ2v) is 2.97. The second-order valence-electron chi connectivity index (χ2n) is 1.84. The van der Waals surface area contributed by atoms with E-state index in [2.05, 4.69) is 0 Å². The molecule has 1 atom stereocenters. The van der Waals surface area contributed by atoms with Crippen LogP contribution in [0.25, 0.3) is 0 Å². The molecule has 0 saturated carbocycles. The third-order valence-electron chi connectivity index (χ3n) is 0.586. The lowest BCUT2D eigenvalue weighted by Gasteiger charge is -2.08. The molecule has 0 aliphatic heterocycles. The predicted octanol–water partition coefficient (Wildman–Crippen LogP) is 1.26. The van der Waals surface area contributed by atoms with Gasteiger partial charge in [0.1, 0.15) is 0 Å². The van der Waals surface area contributed by atoms with Crippen LogP contribution in [-0.4, -0.2) is 21.3 Å². The van der Waals surface area contributed by atoms with Crippen molar-refractivity contribution in [1.29, 1.82) is 0 Å². The lowest BCUT2D eigenvalue weighted by Crippen LogP contribution is -2.20. The van der Waals surface area contributed by atoms with E-state index in [0.29, 0.717) is 0 Å². The van der Waals surface area contributed by atoms with Gasteiger partial charge in [0.15, 0.2) is 0 Å². The van der Waals surface area contributed by atoms with Crippen molar-refractivity contribution in [2.45, 2.75) is 24.1 Å². The van der Waals surface area contributed by atoms with E-state index in [4.69, 9.17) is 9.84 Å². The summed E-state index contributed by atoms with van der Waals surface area (Å²) in [4.78, 5) is 10.1. The molecule has 0 rings (SSSR count). The van der Waals surface area contributed by atoms with Crippen molar-refractivity contribution in [3.8, 4) is 0 Å². The molecule has 0 aliphatic carbocycles. The fraction of sp³-hybridized carbons (Fsp3) is 0.800. The zero-order chi connectivity index (χ0) is 7.44. The molecule has 0 fully saturated rings. The molecule has 0 radical (unpaired) electrons. The van der Waals surface area contributed by atoms with Gasteiger partial charge in [0.05, 0.1) is 6.10 Å². The van der Waals surface area contributed by atoms with E-state index < -0.39 is 10.1 Å². The van der Waals surface area contributed by atoms with Crippen LogP contribution in [0.1, 0.15) is 13.8 Å². The van der Waals surface area contributed by atoms with Crippen molar-refractivity contribution in [1.82, 2.24) is 0 Å². The first-order chi connectivity index (χ1) is 4.04. The Kier molecular flexibility index (Phi) is 4.12. The van der Waals surface area contributed by atoms with E-state index in [0.717, 1.165) is 0 Å². The number of carbonyl (C=O) groups is 1. The van der Waals surface area contributed by atoms with Gasteiger partial charge < -0.3 is 9.84 Å². The lowest BCUT2D eigenvalue weighted by atomic mass is 10.5. The van der Waals surface area contributed by atoms with Crippen LogP contribution < -0.4 is 0 Å². The molecular formula is C5H9IO3. The Morgan fingerprint density at radius 1 is 1.67 bits per heavy atom. The summed E-state index contributed by atoms with van der Waals surface area (Å²) in [6.45, 7) is 3.60. The summed E-state index contributed by atoms with van der Waals surface area (Å²) < 4.78 is 4.18. The van der Waals surface area contributed by atoms with Crippen LogP contribution in [0.15, 0.2) is 0 Å². The van der Waals surface area contributed by atoms with E-state index in [1.165, 1.54) is 0 Å². The molecule has 54 valence electrons. The maximum absolute atomic E-state index is 10.1. The van der Waals surface area contributed by atoms with Crippen LogP contribution in [-0.2, 0) is 9.53 Å². The van der Waals surface area contributed by atoms with Crippen LogP contribution in [0.2, 0.25) is 0 Å². The van der Waals surface area contributed by atoms with E-state index in [-0.39, 0.29) is 6.10 Å². The van der Waals surface area contributed by atoms with E-state index >= 15 is 0 Å². The fourth-order valence-corrected chi connectivity index (χ4v) is 0.884. The molecule has 0 amide bonds. The van der Waals surface area contributed by atoms with Gasteiger partial charge in [0, 0.05) is 0 Å². The van der Waals surface area contributed by atoms with Crippen LogP contribution in [0.3, 0.4) is 0 Å². The molecule has 4 heteroatoms. The highest BCUT2D eigenvalue weighted by molar-refractivity contribution is 14.1. The molecule has 0 heterocycles. The molecule has 3 nitrogen and oxygen atoms in total. The maximum Gasteiger partial charge on any atom is 0.343 e. The van der Waals surface area contributed by atoms with Gasteiger partial charge in [-0.2, -0.15) is 0 Å². The Bertz CT molecular complexity index is 102. The highest BCUT2D eigenvalue weighted by atomic mass is 127. The van der Waals surface area contributed by atoms with Crippen LogP contribution in [0, 0.1) is 0 Å². The van der Waals surface area contributed by atoms with Crippen molar-refractivity contribution in [2.75, 3.05) is 0 Å². The van der Waals surface area contributed by atoms with E-state index in [9.17, 15) is 4.79 Å². The first-order valence-corrected chi connectivity index (χ1v) is 3.81. The number of alkyl halides is 1. The number of rotatable bonds is 3. The summed E-state index contributed by atoms with van der Waals surface area (Å²) >= 11 is 1.72. The molecule has 1 unspecified atom stereocenters. The molecule has 0 saturated heterocycles. The molecule has 0 aliphatic rings. The van der Waals surface area contributed by atoms with Crippen molar-refractivity contribution in [3.63, 3.8) is 0 Å². The number of hydrogen-bond donors (Lipinski definition) is 1. The second kappa shape index (κ2) is 4.05. The summed E-state index contributed by atoms with van der Waals surface area (Å²) in [7, 11) is 0. The average molecular weight is 244 g/mol. The minimum Gasteiger partial charge on any atom is -0.479 e. The zero-order valence-electron chi connectivity index (χ0n) is 5.30. The number of ether oxygens (including phenoxy) is 1. The summed E-state index contributed by atoms with van der Waals surface area (Å²) in [5.41, 5.74) is 0. The molecule has 9 heavy (non-hydrogen) atoms. The Hall–Kier alpha value is 0.160. The molecule has 0 aromatic heterocycles. The van der Waals surface area contributed by atoms with Gasteiger partial charge >= 0.3 is 5.97 Å². The average Bonchev–Trinajstić information content (AvgIpc) is 1.63. The predicted molar refractivity (Wildman–Crippen MR) is 41.7 cm³/mol. The minimum atomic E-state index is -0.927. The maximum atomic E-state index is 10.1. The normalized spacial score (nSPS) is 13.8. The van der Waals surface area contributed by atoms with Crippen molar-refractivity contribution in [3.05, 3.63) is 0 Å². The Balaban J connectivity index is 3.50. The molecular weight excluding hydrogens is 235 g/mol. The summed E-state index contributed by atoms with van der Waals surface area (Å²) in [5, 5.41) is 8.30. The Labute approximate surface area is 67.5 Å². The van der Waals surface area contributed by atoms with Gasteiger partial charge in [-0.3, -0.25) is 0 Å². The van der Waals surface area contributed by atoms with Gasteiger partial charge in [0.2, 0.25) is 4.11 Å². The van der Waals surface area contributed by atoms with Gasteiger partial charge in [0.25, 0.3) is 0 Å². The van der Waals surface area contributed by atoms with Crippen LogP contribution >= 0.6 is 22.6 Å². The van der Waals surface area contributed by atoms with Crippen LogP contribution in [0.5, 0.6) is 0 Å². The number of carboxylic acids is 1. The van der Waals surface area contributed by atoms with E-state index in [1.54, 1.807) is 36.4 Å². The summed E-state index contributed by atoms with van der Waals surface area (Å²) in [6, 6.07) is 0. The highest BCUT2D eigenvalue weighted by Crippen LogP contribution is 2.05. The van der Waals surface area contributed by atoms with Crippen molar-refractivity contribution >= 4 is 28.6 Å². The quantitative estimate of drug-likeness (QED) is 0.600. The molecule has 0 aromatic carbocycles. The number of carboxylic acid groups (broad SMARTS) is 1. The first kappa shape index (κ1) is 9.16. The summed E-state index contributed by atoms with van der Waals surface area (Å²) in [6.07, 6.45) is -0.0250. The fourth-order valence-electron chi connectivity index (χ4n) is 0.297. The number of hydrogen-bond acceptors (Lipinski definition) is 2. The number of aliphatic carboxylic acids is 1. The van der Waals surface area contributed by atoms with Gasteiger partial charge in [-0.05, 0) is 36.4 Å². The summed E-state index contributed by atoms with van der Waals surface area (Å²) in [5.74, 6) is -0.927. The molecule has 1 N–H and O–H groups in total. The topological polar surface area (TPSA) is 46.5 Å². The van der Waals surface area contributed by atoms with Gasteiger partial charge in [-0.1, -0.05) is 0 Å². The highest BCUT2D eigenvalue weighted by Gasteiger charge is 2.13. The first-order valence-electron chi connectivity index (χ1n) is 2.56. The monoisotopic (exact) mass is 244 g/mol. The standard InChI is InChI=1S/C5H9IO3/c1-3(2)9-4(6)5(7)8/h3-4H,1-2H3,(H,7,8).